The maximum atomic E-state index is 5.15. The van der Waals surface area contributed by atoms with E-state index in [1.165, 1.54) is 18.5 Å². The molecule has 1 fully saturated rings. The van der Waals surface area contributed by atoms with Crippen LogP contribution in [-0.2, 0) is 10.2 Å². The number of ether oxygens (including phenoxy) is 1. The Morgan fingerprint density at radius 3 is 3.00 bits per heavy atom. The van der Waals surface area contributed by atoms with Crippen LogP contribution in [0.3, 0.4) is 0 Å². The Hall–Kier alpha value is -0.830. The second-order valence-electron chi connectivity index (χ2n) is 3.18. The van der Waals surface area contributed by atoms with Crippen LogP contribution in [0.5, 0.6) is 0 Å². The molecule has 0 radical (unpaired) electrons. The van der Waals surface area contributed by atoms with Crippen molar-refractivity contribution in [3.05, 3.63) is 18.0 Å². The summed E-state index contributed by atoms with van der Waals surface area (Å²) in [5, 5.41) is 6.92. The van der Waals surface area contributed by atoms with E-state index in [9.17, 15) is 0 Å². The van der Waals surface area contributed by atoms with E-state index in [4.69, 9.17) is 4.74 Å². The van der Waals surface area contributed by atoms with Gasteiger partial charge in [0, 0.05) is 24.4 Å². The molecule has 1 aliphatic carbocycles. The molecule has 0 saturated heterocycles. The molecule has 0 bridgehead atoms. The highest BCUT2D eigenvalue weighted by molar-refractivity contribution is 5.22. The highest BCUT2D eigenvalue weighted by Crippen LogP contribution is 2.47. The van der Waals surface area contributed by atoms with Crippen LogP contribution in [-0.4, -0.2) is 23.9 Å². The minimum Gasteiger partial charge on any atom is -0.384 e. The van der Waals surface area contributed by atoms with Gasteiger partial charge in [-0.2, -0.15) is 5.10 Å². The topological polar surface area (TPSA) is 37.9 Å². The zero-order chi connectivity index (χ0) is 7.73. The normalized spacial score (nSPS) is 20.1. The van der Waals surface area contributed by atoms with Gasteiger partial charge in [0.2, 0.25) is 0 Å². The predicted octanol–water partition coefficient (Wildman–Crippen LogP) is 1.09. The Bertz CT molecular complexity index is 226. The first-order chi connectivity index (χ1) is 5.37. The second-order valence-corrected chi connectivity index (χ2v) is 3.18. The molecule has 60 valence electrons. The number of methoxy groups -OCH3 is 1. The fraction of sp³-hybridized carbons (Fsp3) is 0.625. The lowest BCUT2D eigenvalue weighted by molar-refractivity contribution is 0.170. The van der Waals surface area contributed by atoms with Crippen molar-refractivity contribution in [2.24, 2.45) is 0 Å². The Labute approximate surface area is 65.8 Å². The van der Waals surface area contributed by atoms with Gasteiger partial charge >= 0.3 is 0 Å². The van der Waals surface area contributed by atoms with E-state index < -0.39 is 0 Å². The summed E-state index contributed by atoms with van der Waals surface area (Å²) in [6.45, 7) is 0.815. The molecule has 1 N–H and O–H groups in total. The van der Waals surface area contributed by atoms with Crippen LogP contribution in [0.25, 0.3) is 0 Å². The average Bonchev–Trinajstić information content (AvgIpc) is 2.63. The van der Waals surface area contributed by atoms with Gasteiger partial charge in [-0.1, -0.05) is 0 Å². The van der Waals surface area contributed by atoms with Crippen LogP contribution in [0.1, 0.15) is 18.5 Å². The predicted molar refractivity (Wildman–Crippen MR) is 41.4 cm³/mol. The molecule has 0 aromatic carbocycles. The van der Waals surface area contributed by atoms with E-state index in [1.54, 1.807) is 13.3 Å². The standard InChI is InChI=1S/C8H12N2O/c1-11-6-8(3-4-8)7-2-5-9-10-7/h2,5H,3-4,6H2,1H3,(H,9,10). The molecule has 1 saturated carbocycles. The quantitative estimate of drug-likeness (QED) is 0.704. The molecule has 11 heavy (non-hydrogen) atoms. The lowest BCUT2D eigenvalue weighted by atomic mass is 10.1. The molecule has 0 spiro atoms. The average molecular weight is 152 g/mol. The number of aromatic nitrogens is 2. The number of nitrogens with one attached hydrogen (secondary N) is 1. The minimum absolute atomic E-state index is 0.283. The number of aromatic amines is 1. The van der Waals surface area contributed by atoms with Crippen molar-refractivity contribution >= 4 is 0 Å². The van der Waals surface area contributed by atoms with Gasteiger partial charge in [0.15, 0.2) is 0 Å². The van der Waals surface area contributed by atoms with Crippen LogP contribution in [0.2, 0.25) is 0 Å². The van der Waals surface area contributed by atoms with E-state index in [0.29, 0.717) is 0 Å². The molecule has 0 amide bonds. The molecular formula is C8H12N2O. The monoisotopic (exact) mass is 152 g/mol. The lowest BCUT2D eigenvalue weighted by Gasteiger charge is -2.10. The Morgan fingerprint density at radius 2 is 2.55 bits per heavy atom. The molecule has 0 aliphatic heterocycles. The van der Waals surface area contributed by atoms with E-state index in [-0.39, 0.29) is 5.41 Å². The van der Waals surface area contributed by atoms with Crippen molar-refractivity contribution in [2.45, 2.75) is 18.3 Å². The molecule has 1 aromatic rings. The maximum absolute atomic E-state index is 5.15. The summed E-state index contributed by atoms with van der Waals surface area (Å²) in [4.78, 5) is 0. The molecule has 3 heteroatoms. The van der Waals surface area contributed by atoms with Gasteiger partial charge in [0.05, 0.1) is 6.61 Å². The third-order valence-corrected chi connectivity index (χ3v) is 2.35. The van der Waals surface area contributed by atoms with Gasteiger partial charge in [-0.3, -0.25) is 5.10 Å². The number of rotatable bonds is 3. The van der Waals surface area contributed by atoms with Gasteiger partial charge in [0.25, 0.3) is 0 Å². The van der Waals surface area contributed by atoms with Gasteiger partial charge < -0.3 is 4.74 Å². The molecule has 1 heterocycles. The largest absolute Gasteiger partial charge is 0.384 e. The molecule has 1 aromatic heterocycles. The highest BCUT2D eigenvalue weighted by atomic mass is 16.5. The summed E-state index contributed by atoms with van der Waals surface area (Å²) in [6.07, 6.45) is 4.25. The highest BCUT2D eigenvalue weighted by Gasteiger charge is 2.45. The molecule has 3 nitrogen and oxygen atoms in total. The summed E-state index contributed by atoms with van der Waals surface area (Å²) in [5.41, 5.74) is 1.50. The third kappa shape index (κ3) is 1.05. The third-order valence-electron chi connectivity index (χ3n) is 2.35. The van der Waals surface area contributed by atoms with Crippen LogP contribution < -0.4 is 0 Å². The first-order valence-electron chi connectivity index (χ1n) is 3.86. The summed E-state index contributed by atoms with van der Waals surface area (Å²) in [5.74, 6) is 0. The number of H-pyrrole nitrogens is 1. The van der Waals surface area contributed by atoms with Gasteiger partial charge in [-0.05, 0) is 18.9 Å². The molecule has 1 aliphatic rings. The van der Waals surface area contributed by atoms with Crippen LogP contribution in [0.4, 0.5) is 0 Å². The van der Waals surface area contributed by atoms with Crippen molar-refractivity contribution < 1.29 is 4.74 Å². The first kappa shape index (κ1) is 6.85. The summed E-state index contributed by atoms with van der Waals surface area (Å²) in [6, 6.07) is 2.03. The fourth-order valence-electron chi connectivity index (χ4n) is 1.47. The van der Waals surface area contributed by atoms with Crippen molar-refractivity contribution in [1.82, 2.24) is 10.2 Å². The van der Waals surface area contributed by atoms with Gasteiger partial charge in [0.1, 0.15) is 0 Å². The van der Waals surface area contributed by atoms with Crippen molar-refractivity contribution in [3.8, 4) is 0 Å². The van der Waals surface area contributed by atoms with Crippen molar-refractivity contribution in [2.75, 3.05) is 13.7 Å². The van der Waals surface area contributed by atoms with E-state index in [0.717, 1.165) is 6.61 Å². The van der Waals surface area contributed by atoms with Crippen LogP contribution in [0, 0.1) is 0 Å². The smallest absolute Gasteiger partial charge is 0.0574 e. The number of hydrogen-bond acceptors (Lipinski definition) is 2. The Balaban J connectivity index is 2.15. The summed E-state index contributed by atoms with van der Waals surface area (Å²) >= 11 is 0. The SMILES string of the molecule is COCC1(c2ccn[nH]2)CC1. The fourth-order valence-corrected chi connectivity index (χ4v) is 1.47. The molecule has 0 unspecified atom stereocenters. The number of hydrogen-bond donors (Lipinski definition) is 1. The van der Waals surface area contributed by atoms with Gasteiger partial charge in [-0.25, -0.2) is 0 Å². The Morgan fingerprint density at radius 1 is 1.73 bits per heavy atom. The number of nitrogens with zero attached hydrogens (tertiary/aromatic N) is 1. The van der Waals surface area contributed by atoms with Crippen LogP contribution >= 0.6 is 0 Å². The maximum Gasteiger partial charge on any atom is 0.0574 e. The van der Waals surface area contributed by atoms with Gasteiger partial charge in [-0.15, -0.1) is 0 Å². The molecule has 2 rings (SSSR count). The van der Waals surface area contributed by atoms with E-state index in [2.05, 4.69) is 10.2 Å². The minimum atomic E-state index is 0.283. The van der Waals surface area contributed by atoms with Crippen molar-refractivity contribution in [1.29, 1.82) is 0 Å². The van der Waals surface area contributed by atoms with E-state index >= 15 is 0 Å². The Kier molecular flexibility index (Phi) is 1.46. The molecular weight excluding hydrogens is 140 g/mol. The molecule has 0 atom stereocenters. The lowest BCUT2D eigenvalue weighted by Crippen LogP contribution is -2.14. The first-order valence-corrected chi connectivity index (χ1v) is 3.86. The summed E-state index contributed by atoms with van der Waals surface area (Å²) in [7, 11) is 1.75. The second kappa shape index (κ2) is 2.34. The van der Waals surface area contributed by atoms with E-state index in [1.807, 2.05) is 6.07 Å². The zero-order valence-corrected chi connectivity index (χ0v) is 6.63. The van der Waals surface area contributed by atoms with Crippen LogP contribution in [0.15, 0.2) is 12.3 Å². The zero-order valence-electron chi connectivity index (χ0n) is 6.63. The van der Waals surface area contributed by atoms with Crippen molar-refractivity contribution in [3.63, 3.8) is 0 Å². The summed E-state index contributed by atoms with van der Waals surface area (Å²) < 4.78 is 5.15.